The molecule has 2 aromatic rings. The van der Waals surface area contributed by atoms with Crippen molar-refractivity contribution in [2.75, 3.05) is 6.61 Å². The van der Waals surface area contributed by atoms with Gasteiger partial charge in [-0.1, -0.05) is 35.8 Å². The van der Waals surface area contributed by atoms with Gasteiger partial charge in [0.2, 0.25) is 0 Å². The summed E-state index contributed by atoms with van der Waals surface area (Å²) in [7, 11) is 0. The quantitative estimate of drug-likeness (QED) is 0.296. The van der Waals surface area contributed by atoms with Crippen LogP contribution in [-0.4, -0.2) is 17.2 Å². The van der Waals surface area contributed by atoms with Crippen molar-refractivity contribution in [2.24, 2.45) is 11.1 Å². The average molecular weight is 359 g/mol. The Bertz CT molecular complexity index is 772. The predicted octanol–water partition coefficient (Wildman–Crippen LogP) is 5.18. The molecule has 1 fully saturated rings. The van der Waals surface area contributed by atoms with Crippen LogP contribution in [0.5, 0.6) is 0 Å². The molecule has 0 N–H and O–H groups in total. The molecule has 0 bridgehead atoms. The maximum absolute atomic E-state index is 10.8. The van der Waals surface area contributed by atoms with E-state index in [1.165, 1.54) is 17.7 Å². The monoisotopic (exact) mass is 358 g/mol. The van der Waals surface area contributed by atoms with Crippen LogP contribution in [0.2, 0.25) is 5.02 Å². The van der Waals surface area contributed by atoms with Crippen LogP contribution in [-0.2, 0) is 4.84 Å². The van der Waals surface area contributed by atoms with Gasteiger partial charge in [-0.2, -0.15) is 0 Å². The van der Waals surface area contributed by atoms with Gasteiger partial charge >= 0.3 is 0 Å². The number of nitro groups is 1. The molecule has 1 aliphatic rings. The highest BCUT2D eigenvalue weighted by Crippen LogP contribution is 2.49. The van der Waals surface area contributed by atoms with Crippen molar-refractivity contribution in [1.82, 2.24) is 0 Å². The number of non-ortho nitro benzene ring substituents is 1. The minimum Gasteiger partial charge on any atom is -0.396 e. The molecule has 0 saturated heterocycles. The molecule has 25 heavy (non-hydrogen) atoms. The smallest absolute Gasteiger partial charge is 0.269 e. The van der Waals surface area contributed by atoms with Crippen LogP contribution in [0.4, 0.5) is 5.69 Å². The molecule has 3 rings (SSSR count). The van der Waals surface area contributed by atoms with E-state index < -0.39 is 4.92 Å². The van der Waals surface area contributed by atoms with Crippen molar-refractivity contribution in [2.45, 2.75) is 25.7 Å². The second kappa shape index (κ2) is 7.66. The highest BCUT2D eigenvalue weighted by molar-refractivity contribution is 6.30. The lowest BCUT2D eigenvalue weighted by Crippen LogP contribution is -2.07. The van der Waals surface area contributed by atoms with Gasteiger partial charge in [-0.15, -0.1) is 0 Å². The Hall–Kier alpha value is -2.40. The van der Waals surface area contributed by atoms with Crippen LogP contribution in [0.1, 0.15) is 36.8 Å². The first kappa shape index (κ1) is 17.4. The van der Waals surface area contributed by atoms with E-state index in [0.717, 1.165) is 29.1 Å². The summed E-state index contributed by atoms with van der Waals surface area (Å²) in [6, 6.07) is 14.3. The minimum atomic E-state index is -0.401. The summed E-state index contributed by atoms with van der Waals surface area (Å²) >= 11 is 5.96. The maximum atomic E-state index is 10.8. The van der Waals surface area contributed by atoms with Crippen molar-refractivity contribution in [3.05, 3.63) is 74.8 Å². The number of rotatable bonds is 7. The molecule has 0 aliphatic heterocycles. The molecule has 0 spiro atoms. The number of benzene rings is 2. The molecule has 1 aliphatic carbocycles. The summed E-state index contributed by atoms with van der Waals surface area (Å²) in [5.41, 5.74) is 3.01. The number of hydrogen-bond acceptors (Lipinski definition) is 4. The number of hydrogen-bond donors (Lipinski definition) is 0. The number of nitrogens with zero attached hydrogens (tertiary/aromatic N) is 2. The van der Waals surface area contributed by atoms with Crippen LogP contribution in [0.25, 0.3) is 0 Å². The van der Waals surface area contributed by atoms with Crippen LogP contribution in [0.15, 0.2) is 53.7 Å². The van der Waals surface area contributed by atoms with Gasteiger partial charge in [-0.25, -0.2) is 0 Å². The Morgan fingerprint density at radius 1 is 1.24 bits per heavy atom. The normalized spacial score (nSPS) is 19.5. The SMILES string of the molecule is CCCO/N=C(\c1ccc([N+](=O)[O-])cc1)C1CC1c1ccc(Cl)cc1. The van der Waals surface area contributed by atoms with Crippen LogP contribution in [0, 0.1) is 16.0 Å². The molecular formula is C19H19ClN2O3. The van der Waals surface area contributed by atoms with Crippen molar-refractivity contribution in [3.63, 3.8) is 0 Å². The largest absolute Gasteiger partial charge is 0.396 e. The van der Waals surface area contributed by atoms with E-state index in [0.29, 0.717) is 12.5 Å². The van der Waals surface area contributed by atoms with E-state index in [1.807, 2.05) is 31.2 Å². The Morgan fingerprint density at radius 3 is 2.52 bits per heavy atom. The van der Waals surface area contributed by atoms with E-state index in [1.54, 1.807) is 12.1 Å². The van der Waals surface area contributed by atoms with Crippen LogP contribution >= 0.6 is 11.6 Å². The predicted molar refractivity (Wildman–Crippen MR) is 98.2 cm³/mol. The molecule has 2 aromatic carbocycles. The molecule has 0 heterocycles. The van der Waals surface area contributed by atoms with E-state index >= 15 is 0 Å². The van der Waals surface area contributed by atoms with E-state index in [4.69, 9.17) is 16.4 Å². The highest BCUT2D eigenvalue weighted by atomic mass is 35.5. The Morgan fingerprint density at radius 2 is 1.92 bits per heavy atom. The zero-order valence-electron chi connectivity index (χ0n) is 13.9. The fraction of sp³-hybridized carbons (Fsp3) is 0.316. The lowest BCUT2D eigenvalue weighted by atomic mass is 10.0. The Balaban J connectivity index is 1.82. The lowest BCUT2D eigenvalue weighted by Gasteiger charge is -2.07. The van der Waals surface area contributed by atoms with Gasteiger partial charge in [0.25, 0.3) is 5.69 Å². The fourth-order valence-electron chi connectivity index (χ4n) is 2.87. The molecule has 130 valence electrons. The van der Waals surface area contributed by atoms with Gasteiger partial charge in [0.05, 0.1) is 10.6 Å². The van der Waals surface area contributed by atoms with Crippen molar-refractivity contribution in [3.8, 4) is 0 Å². The second-order valence-electron chi connectivity index (χ2n) is 6.11. The first-order chi connectivity index (χ1) is 12.1. The van der Waals surface area contributed by atoms with Gasteiger partial charge in [-0.05, 0) is 48.6 Å². The summed E-state index contributed by atoms with van der Waals surface area (Å²) < 4.78 is 0. The van der Waals surface area contributed by atoms with Crippen LogP contribution < -0.4 is 0 Å². The summed E-state index contributed by atoms with van der Waals surface area (Å²) in [6.07, 6.45) is 1.86. The zero-order chi connectivity index (χ0) is 17.8. The number of halogens is 1. The third-order valence-electron chi connectivity index (χ3n) is 4.27. The van der Waals surface area contributed by atoms with Crippen molar-refractivity contribution in [1.29, 1.82) is 0 Å². The first-order valence-corrected chi connectivity index (χ1v) is 8.68. The molecular weight excluding hydrogens is 340 g/mol. The number of oxime groups is 1. The van der Waals surface area contributed by atoms with Crippen molar-refractivity contribution < 1.29 is 9.76 Å². The first-order valence-electron chi connectivity index (χ1n) is 8.30. The molecule has 0 amide bonds. The third kappa shape index (κ3) is 4.17. The van der Waals surface area contributed by atoms with Gasteiger partial charge in [0, 0.05) is 28.6 Å². The third-order valence-corrected chi connectivity index (χ3v) is 4.52. The summed E-state index contributed by atoms with van der Waals surface area (Å²) in [6.45, 7) is 2.57. The number of nitro benzene ring substituents is 1. The van der Waals surface area contributed by atoms with E-state index in [9.17, 15) is 10.1 Å². The molecule has 1 saturated carbocycles. The molecule has 2 atom stereocenters. The van der Waals surface area contributed by atoms with Crippen molar-refractivity contribution >= 4 is 23.0 Å². The summed E-state index contributed by atoms with van der Waals surface area (Å²) in [5.74, 6) is 0.621. The van der Waals surface area contributed by atoms with E-state index in [2.05, 4.69) is 5.16 Å². The molecule has 5 nitrogen and oxygen atoms in total. The van der Waals surface area contributed by atoms with Gasteiger partial charge in [0.1, 0.15) is 6.61 Å². The van der Waals surface area contributed by atoms with Gasteiger partial charge < -0.3 is 4.84 Å². The Kier molecular flexibility index (Phi) is 5.34. The second-order valence-corrected chi connectivity index (χ2v) is 6.55. The minimum absolute atomic E-state index is 0.0719. The van der Waals surface area contributed by atoms with Crippen LogP contribution in [0.3, 0.4) is 0 Å². The van der Waals surface area contributed by atoms with Gasteiger partial charge in [0.15, 0.2) is 0 Å². The standard InChI is InChI=1S/C19H19ClN2O3/c1-2-11-25-21-19(14-5-9-16(10-6-14)22(23)24)18-12-17(18)13-3-7-15(20)8-4-13/h3-10,17-18H,2,11-12H2,1H3/b21-19+. The molecule has 6 heteroatoms. The Labute approximate surface area is 151 Å². The molecule has 0 radical (unpaired) electrons. The highest BCUT2D eigenvalue weighted by Gasteiger charge is 2.43. The fourth-order valence-corrected chi connectivity index (χ4v) is 3.00. The van der Waals surface area contributed by atoms with E-state index in [-0.39, 0.29) is 11.6 Å². The summed E-state index contributed by atoms with van der Waals surface area (Å²) in [5, 5.41) is 15.9. The molecule has 2 unspecified atom stereocenters. The van der Waals surface area contributed by atoms with Gasteiger partial charge in [-0.3, -0.25) is 10.1 Å². The molecule has 0 aromatic heterocycles. The maximum Gasteiger partial charge on any atom is 0.269 e. The summed E-state index contributed by atoms with van der Waals surface area (Å²) in [4.78, 5) is 15.9. The zero-order valence-corrected chi connectivity index (χ0v) is 14.6. The topological polar surface area (TPSA) is 64.7 Å². The average Bonchev–Trinajstić information content (AvgIpc) is 3.40. The lowest BCUT2D eigenvalue weighted by molar-refractivity contribution is -0.384.